The van der Waals surface area contributed by atoms with E-state index in [-0.39, 0.29) is 0 Å². The van der Waals surface area contributed by atoms with E-state index in [1.54, 1.807) is 0 Å². The lowest BCUT2D eigenvalue weighted by atomic mass is 9.97. The predicted octanol–water partition coefficient (Wildman–Crippen LogP) is 4.35. The largest absolute Gasteiger partial charge is 0.192 e. The summed E-state index contributed by atoms with van der Waals surface area (Å²) >= 11 is 0. The van der Waals surface area contributed by atoms with Crippen molar-refractivity contribution in [3.8, 4) is 17.2 Å². The zero-order chi connectivity index (χ0) is 13.0. The molecule has 0 unspecified atom stereocenters. The normalized spacial score (nSPS) is 10.1. The van der Waals surface area contributed by atoms with E-state index >= 15 is 0 Å². The molecule has 0 N–H and O–H groups in total. The Morgan fingerprint density at radius 1 is 0.889 bits per heavy atom. The van der Waals surface area contributed by atoms with E-state index in [9.17, 15) is 0 Å². The van der Waals surface area contributed by atoms with Crippen LogP contribution in [-0.2, 0) is 12.8 Å². The molecular formula is C17H17N. The Morgan fingerprint density at radius 2 is 1.56 bits per heavy atom. The highest BCUT2D eigenvalue weighted by Crippen LogP contribution is 2.23. The van der Waals surface area contributed by atoms with Crippen molar-refractivity contribution < 1.29 is 0 Å². The number of aryl methyl sites for hydroxylation is 2. The average Bonchev–Trinajstić information content (AvgIpc) is 2.46. The van der Waals surface area contributed by atoms with Crippen molar-refractivity contribution >= 4 is 0 Å². The third-order valence-corrected chi connectivity index (χ3v) is 3.31. The Kier molecular flexibility index (Phi) is 3.79. The van der Waals surface area contributed by atoms with E-state index in [1.165, 1.54) is 11.1 Å². The van der Waals surface area contributed by atoms with Crippen LogP contribution in [0.15, 0.2) is 42.5 Å². The summed E-state index contributed by atoms with van der Waals surface area (Å²) in [6.45, 7) is 4.23. The molecule has 2 rings (SSSR count). The topological polar surface area (TPSA) is 23.8 Å². The van der Waals surface area contributed by atoms with Crippen LogP contribution in [0.5, 0.6) is 0 Å². The molecule has 18 heavy (non-hydrogen) atoms. The molecule has 2 aromatic rings. The van der Waals surface area contributed by atoms with Gasteiger partial charge in [0.05, 0.1) is 11.6 Å². The summed E-state index contributed by atoms with van der Waals surface area (Å²) in [7, 11) is 0. The van der Waals surface area contributed by atoms with E-state index in [0.29, 0.717) is 0 Å². The molecule has 0 atom stereocenters. The molecule has 0 spiro atoms. The van der Waals surface area contributed by atoms with Gasteiger partial charge in [0.25, 0.3) is 0 Å². The van der Waals surface area contributed by atoms with Gasteiger partial charge in [0, 0.05) is 0 Å². The highest BCUT2D eigenvalue weighted by atomic mass is 14.2. The second-order valence-corrected chi connectivity index (χ2v) is 4.39. The second kappa shape index (κ2) is 5.51. The van der Waals surface area contributed by atoms with Gasteiger partial charge in [-0.05, 0) is 41.2 Å². The van der Waals surface area contributed by atoms with Crippen molar-refractivity contribution in [2.24, 2.45) is 0 Å². The smallest absolute Gasteiger partial charge is 0.0994 e. The number of nitrogens with zero attached hydrogens (tertiary/aromatic N) is 1. The lowest BCUT2D eigenvalue weighted by molar-refractivity contribution is 1.13. The van der Waals surface area contributed by atoms with Gasteiger partial charge in [-0.3, -0.25) is 0 Å². The lowest BCUT2D eigenvalue weighted by Crippen LogP contribution is -1.89. The van der Waals surface area contributed by atoms with E-state index in [0.717, 1.165) is 29.5 Å². The molecule has 0 saturated heterocycles. The zero-order valence-corrected chi connectivity index (χ0v) is 10.9. The number of nitriles is 1. The summed E-state index contributed by atoms with van der Waals surface area (Å²) in [5.41, 5.74) is 5.53. The van der Waals surface area contributed by atoms with Crippen LogP contribution in [0.25, 0.3) is 11.1 Å². The van der Waals surface area contributed by atoms with Crippen molar-refractivity contribution in [1.82, 2.24) is 0 Å². The Bertz CT molecular complexity index is 574. The SMILES string of the molecule is CCc1ccc(-c2ccc(CC)c(C#N)c2)cc1. The minimum absolute atomic E-state index is 0.787. The molecule has 0 saturated carbocycles. The fourth-order valence-electron chi connectivity index (χ4n) is 2.10. The monoisotopic (exact) mass is 235 g/mol. The Hall–Kier alpha value is -2.07. The third kappa shape index (κ3) is 2.43. The maximum Gasteiger partial charge on any atom is 0.0994 e. The Morgan fingerprint density at radius 3 is 2.11 bits per heavy atom. The van der Waals surface area contributed by atoms with Gasteiger partial charge < -0.3 is 0 Å². The van der Waals surface area contributed by atoms with Crippen molar-refractivity contribution in [3.63, 3.8) is 0 Å². The molecule has 0 aliphatic heterocycles. The number of benzene rings is 2. The fourth-order valence-corrected chi connectivity index (χ4v) is 2.10. The highest BCUT2D eigenvalue weighted by molar-refractivity contribution is 5.66. The van der Waals surface area contributed by atoms with Gasteiger partial charge in [0.1, 0.15) is 0 Å². The summed E-state index contributed by atoms with van der Waals surface area (Å²) in [5.74, 6) is 0. The summed E-state index contributed by atoms with van der Waals surface area (Å²) in [5, 5.41) is 9.15. The van der Waals surface area contributed by atoms with Crippen molar-refractivity contribution in [2.75, 3.05) is 0 Å². The minimum atomic E-state index is 0.787. The van der Waals surface area contributed by atoms with Crippen LogP contribution in [0.2, 0.25) is 0 Å². The number of hydrogen-bond acceptors (Lipinski definition) is 1. The quantitative estimate of drug-likeness (QED) is 0.775. The van der Waals surface area contributed by atoms with Gasteiger partial charge in [-0.1, -0.05) is 50.2 Å². The predicted molar refractivity (Wildman–Crippen MR) is 75.3 cm³/mol. The molecule has 0 aliphatic carbocycles. The number of hydrogen-bond donors (Lipinski definition) is 0. The van der Waals surface area contributed by atoms with Crippen LogP contribution in [0.3, 0.4) is 0 Å². The van der Waals surface area contributed by atoms with E-state index < -0.39 is 0 Å². The van der Waals surface area contributed by atoms with Crippen LogP contribution in [0.1, 0.15) is 30.5 Å². The first-order valence-corrected chi connectivity index (χ1v) is 6.40. The third-order valence-electron chi connectivity index (χ3n) is 3.31. The van der Waals surface area contributed by atoms with Crippen LogP contribution in [-0.4, -0.2) is 0 Å². The Balaban J connectivity index is 2.41. The first-order valence-electron chi connectivity index (χ1n) is 6.40. The molecule has 0 fully saturated rings. The molecular weight excluding hydrogens is 218 g/mol. The molecule has 0 amide bonds. The van der Waals surface area contributed by atoms with Crippen molar-refractivity contribution in [2.45, 2.75) is 26.7 Å². The van der Waals surface area contributed by atoms with Crippen molar-refractivity contribution in [1.29, 1.82) is 5.26 Å². The van der Waals surface area contributed by atoms with Crippen LogP contribution >= 0.6 is 0 Å². The van der Waals surface area contributed by atoms with Crippen molar-refractivity contribution in [3.05, 3.63) is 59.2 Å². The first kappa shape index (κ1) is 12.4. The van der Waals surface area contributed by atoms with Gasteiger partial charge in [-0.25, -0.2) is 0 Å². The van der Waals surface area contributed by atoms with Gasteiger partial charge in [0.2, 0.25) is 0 Å². The summed E-state index contributed by atoms with van der Waals surface area (Å²) in [6, 6.07) is 17.0. The summed E-state index contributed by atoms with van der Waals surface area (Å²) in [4.78, 5) is 0. The highest BCUT2D eigenvalue weighted by Gasteiger charge is 2.03. The molecule has 2 aromatic carbocycles. The summed E-state index contributed by atoms with van der Waals surface area (Å²) in [6.07, 6.45) is 1.95. The molecule has 1 heteroatoms. The van der Waals surface area contributed by atoms with Gasteiger partial charge in [-0.2, -0.15) is 5.26 Å². The van der Waals surface area contributed by atoms with Crippen LogP contribution < -0.4 is 0 Å². The Labute approximate surface area is 109 Å². The van der Waals surface area contributed by atoms with Gasteiger partial charge in [-0.15, -0.1) is 0 Å². The fraction of sp³-hybridized carbons (Fsp3) is 0.235. The van der Waals surface area contributed by atoms with E-state index in [1.807, 2.05) is 6.07 Å². The molecule has 0 aliphatic rings. The molecule has 0 radical (unpaired) electrons. The maximum absolute atomic E-state index is 9.15. The van der Waals surface area contributed by atoms with E-state index in [2.05, 4.69) is 56.3 Å². The molecule has 0 aromatic heterocycles. The molecule has 0 bridgehead atoms. The average molecular weight is 235 g/mol. The lowest BCUT2D eigenvalue weighted by Gasteiger charge is -2.06. The zero-order valence-electron chi connectivity index (χ0n) is 10.9. The maximum atomic E-state index is 9.15. The molecule has 90 valence electrons. The molecule has 1 nitrogen and oxygen atoms in total. The van der Waals surface area contributed by atoms with E-state index in [4.69, 9.17) is 5.26 Å². The summed E-state index contributed by atoms with van der Waals surface area (Å²) < 4.78 is 0. The van der Waals surface area contributed by atoms with Gasteiger partial charge in [0.15, 0.2) is 0 Å². The van der Waals surface area contributed by atoms with Gasteiger partial charge >= 0.3 is 0 Å². The van der Waals surface area contributed by atoms with Crippen LogP contribution in [0, 0.1) is 11.3 Å². The first-order chi connectivity index (χ1) is 8.78. The minimum Gasteiger partial charge on any atom is -0.192 e. The second-order valence-electron chi connectivity index (χ2n) is 4.39. The molecule has 0 heterocycles. The van der Waals surface area contributed by atoms with Crippen LogP contribution in [0.4, 0.5) is 0 Å². The number of rotatable bonds is 3. The standard InChI is InChI=1S/C17H17N/c1-3-13-5-7-15(8-6-13)16-10-9-14(4-2)17(11-16)12-18/h5-11H,3-4H2,1-2H3.